The predicted octanol–water partition coefficient (Wildman–Crippen LogP) is 2.36. The first-order valence-electron chi connectivity index (χ1n) is 7.37. The maximum absolute atomic E-state index is 12.0. The summed E-state index contributed by atoms with van der Waals surface area (Å²) in [4.78, 5) is 23.5. The van der Waals surface area contributed by atoms with Gasteiger partial charge in [-0.05, 0) is 31.9 Å². The Bertz CT molecular complexity index is 371. The summed E-state index contributed by atoms with van der Waals surface area (Å²) in [6.45, 7) is 0.621. The Morgan fingerprint density at radius 3 is 2.20 bits per heavy atom. The van der Waals surface area contributed by atoms with E-state index in [0.29, 0.717) is 19.4 Å². The Morgan fingerprint density at radius 2 is 1.75 bits per heavy atom. The van der Waals surface area contributed by atoms with Crippen molar-refractivity contribution < 1.29 is 14.7 Å². The average Bonchev–Trinajstić information content (AvgIpc) is 2.39. The first kappa shape index (κ1) is 15.5. The van der Waals surface area contributed by atoms with Crippen molar-refractivity contribution >= 4 is 23.8 Å². The van der Waals surface area contributed by atoms with Crippen LogP contribution in [0.1, 0.15) is 51.4 Å². The monoisotopic (exact) mass is 300 g/mol. The molecular weight excluding hydrogens is 276 g/mol. The van der Waals surface area contributed by atoms with Crippen molar-refractivity contribution in [3.63, 3.8) is 0 Å². The van der Waals surface area contributed by atoms with E-state index < -0.39 is 11.5 Å². The fraction of sp³-hybridized carbons (Fsp3) is 0.857. The molecule has 0 atom stereocenters. The highest BCUT2D eigenvalue weighted by atomic mass is 32.2. The fourth-order valence-corrected chi connectivity index (χ4v) is 3.99. The van der Waals surface area contributed by atoms with E-state index in [1.54, 1.807) is 11.8 Å². The van der Waals surface area contributed by atoms with Gasteiger partial charge in [-0.15, -0.1) is 0 Å². The van der Waals surface area contributed by atoms with Gasteiger partial charge in [0.15, 0.2) is 0 Å². The van der Waals surface area contributed by atoms with Crippen LogP contribution in [0.25, 0.3) is 0 Å². The van der Waals surface area contributed by atoms with Gasteiger partial charge in [-0.2, -0.15) is 11.8 Å². The molecule has 20 heavy (non-hydrogen) atoms. The standard InChI is InChI=1S/C14H24N2O3S/c1-20-13(6-5-7-13)10-15-12(19)16-14(11(17)18)8-3-2-4-9-14/h2-10H2,1H3,(H,17,18)(H2,15,16,19). The lowest BCUT2D eigenvalue weighted by Crippen LogP contribution is -2.59. The van der Waals surface area contributed by atoms with Crippen molar-refractivity contribution in [3.05, 3.63) is 0 Å². The summed E-state index contributed by atoms with van der Waals surface area (Å²) in [6, 6.07) is -0.338. The van der Waals surface area contributed by atoms with Crippen molar-refractivity contribution in [3.8, 4) is 0 Å². The predicted molar refractivity (Wildman–Crippen MR) is 80.1 cm³/mol. The number of carbonyl (C=O) groups excluding carboxylic acids is 1. The van der Waals surface area contributed by atoms with Gasteiger partial charge >= 0.3 is 12.0 Å². The maximum atomic E-state index is 12.0. The second-order valence-corrected chi connectivity index (χ2v) is 7.27. The van der Waals surface area contributed by atoms with E-state index >= 15 is 0 Å². The number of amides is 2. The van der Waals surface area contributed by atoms with Crippen molar-refractivity contribution in [2.24, 2.45) is 0 Å². The van der Waals surface area contributed by atoms with E-state index in [0.717, 1.165) is 32.1 Å². The van der Waals surface area contributed by atoms with Gasteiger partial charge in [0.2, 0.25) is 0 Å². The summed E-state index contributed by atoms with van der Waals surface area (Å²) < 4.78 is 0.167. The highest BCUT2D eigenvalue weighted by Gasteiger charge is 2.42. The second-order valence-electron chi connectivity index (χ2n) is 6.00. The van der Waals surface area contributed by atoms with E-state index in [4.69, 9.17) is 0 Å². The van der Waals surface area contributed by atoms with Gasteiger partial charge in [0.05, 0.1) is 0 Å². The molecule has 114 valence electrons. The Hall–Kier alpha value is -0.910. The number of rotatable bonds is 5. The van der Waals surface area contributed by atoms with E-state index in [1.807, 2.05) is 0 Å². The number of hydrogen-bond acceptors (Lipinski definition) is 3. The van der Waals surface area contributed by atoms with Crippen LogP contribution >= 0.6 is 11.8 Å². The quantitative estimate of drug-likeness (QED) is 0.728. The maximum Gasteiger partial charge on any atom is 0.329 e. The molecule has 0 unspecified atom stereocenters. The number of carboxylic acid groups (broad SMARTS) is 1. The molecule has 2 saturated carbocycles. The summed E-state index contributed by atoms with van der Waals surface area (Å²) in [7, 11) is 0. The summed E-state index contributed by atoms with van der Waals surface area (Å²) in [5, 5.41) is 15.0. The zero-order valence-electron chi connectivity index (χ0n) is 12.0. The molecule has 2 aliphatic carbocycles. The molecule has 0 aromatic heterocycles. The fourth-order valence-electron chi connectivity index (χ4n) is 3.07. The normalized spacial score (nSPS) is 23.4. The van der Waals surface area contributed by atoms with Crippen LogP contribution in [0.5, 0.6) is 0 Å². The van der Waals surface area contributed by atoms with Crippen molar-refractivity contribution in [1.29, 1.82) is 0 Å². The number of aliphatic carboxylic acids is 1. The van der Waals surface area contributed by atoms with Gasteiger partial charge in [-0.3, -0.25) is 0 Å². The Morgan fingerprint density at radius 1 is 1.10 bits per heavy atom. The molecule has 0 spiro atoms. The lowest BCUT2D eigenvalue weighted by atomic mass is 9.81. The number of nitrogens with one attached hydrogen (secondary N) is 2. The Balaban J connectivity index is 1.87. The van der Waals surface area contributed by atoms with Crippen LogP contribution in [0.3, 0.4) is 0 Å². The van der Waals surface area contributed by atoms with Crippen LogP contribution in [-0.4, -0.2) is 40.2 Å². The zero-order chi connectivity index (χ0) is 14.6. The molecule has 2 aliphatic rings. The third-order valence-corrected chi connectivity index (χ3v) is 6.16. The summed E-state index contributed by atoms with van der Waals surface area (Å²) in [5.74, 6) is -0.907. The number of urea groups is 1. The van der Waals surface area contributed by atoms with Gasteiger partial charge in [-0.1, -0.05) is 25.7 Å². The van der Waals surface area contributed by atoms with Gasteiger partial charge in [-0.25, -0.2) is 9.59 Å². The topological polar surface area (TPSA) is 78.4 Å². The largest absolute Gasteiger partial charge is 0.480 e. The molecule has 0 bridgehead atoms. The molecule has 2 rings (SSSR count). The number of hydrogen-bond donors (Lipinski definition) is 3. The number of thioether (sulfide) groups is 1. The highest BCUT2D eigenvalue weighted by molar-refractivity contribution is 8.00. The summed E-state index contributed by atoms with van der Waals surface area (Å²) in [6.07, 6.45) is 9.36. The Kier molecular flexibility index (Phi) is 4.83. The molecule has 0 aromatic carbocycles. The summed E-state index contributed by atoms with van der Waals surface area (Å²) in [5.41, 5.74) is -1.06. The van der Waals surface area contributed by atoms with Gasteiger partial charge < -0.3 is 15.7 Å². The van der Waals surface area contributed by atoms with E-state index in [1.165, 1.54) is 6.42 Å². The molecule has 0 saturated heterocycles. The minimum absolute atomic E-state index is 0.167. The minimum atomic E-state index is -1.06. The van der Waals surface area contributed by atoms with Crippen molar-refractivity contribution in [1.82, 2.24) is 10.6 Å². The highest BCUT2D eigenvalue weighted by Crippen LogP contribution is 2.42. The molecule has 0 aliphatic heterocycles. The Labute approximate surface area is 124 Å². The van der Waals surface area contributed by atoms with Crippen molar-refractivity contribution in [2.75, 3.05) is 12.8 Å². The number of carbonyl (C=O) groups is 2. The average molecular weight is 300 g/mol. The van der Waals surface area contributed by atoms with E-state index in [2.05, 4.69) is 16.9 Å². The minimum Gasteiger partial charge on any atom is -0.480 e. The van der Waals surface area contributed by atoms with Crippen molar-refractivity contribution in [2.45, 2.75) is 61.7 Å². The SMILES string of the molecule is CSC1(CNC(=O)NC2(C(=O)O)CCCCC2)CCC1. The van der Waals surface area contributed by atoms with Gasteiger partial charge in [0, 0.05) is 11.3 Å². The second kappa shape index (κ2) is 6.24. The molecular formula is C14H24N2O3S. The van der Waals surface area contributed by atoms with Crippen LogP contribution in [0, 0.1) is 0 Å². The van der Waals surface area contributed by atoms with Crippen LogP contribution < -0.4 is 10.6 Å². The van der Waals surface area contributed by atoms with Gasteiger partial charge in [0.1, 0.15) is 5.54 Å². The van der Waals surface area contributed by atoms with Crippen LogP contribution in [0.15, 0.2) is 0 Å². The lowest BCUT2D eigenvalue weighted by Gasteiger charge is -2.41. The molecule has 2 fully saturated rings. The molecule has 3 N–H and O–H groups in total. The molecule has 0 heterocycles. The van der Waals surface area contributed by atoms with Crippen LogP contribution in [0.2, 0.25) is 0 Å². The van der Waals surface area contributed by atoms with E-state index in [9.17, 15) is 14.7 Å². The molecule has 0 radical (unpaired) electrons. The lowest BCUT2D eigenvalue weighted by molar-refractivity contribution is -0.145. The molecule has 6 heteroatoms. The molecule has 2 amide bonds. The first-order chi connectivity index (χ1) is 9.52. The summed E-state index contributed by atoms with van der Waals surface area (Å²) >= 11 is 1.79. The molecule has 5 nitrogen and oxygen atoms in total. The molecule has 0 aromatic rings. The third-order valence-electron chi connectivity index (χ3n) is 4.74. The van der Waals surface area contributed by atoms with Crippen LogP contribution in [0.4, 0.5) is 4.79 Å². The zero-order valence-corrected chi connectivity index (χ0v) is 12.9. The number of carboxylic acids is 1. The first-order valence-corrected chi connectivity index (χ1v) is 8.59. The van der Waals surface area contributed by atoms with E-state index in [-0.39, 0.29) is 10.8 Å². The van der Waals surface area contributed by atoms with Gasteiger partial charge in [0.25, 0.3) is 0 Å². The third kappa shape index (κ3) is 3.22. The smallest absolute Gasteiger partial charge is 0.329 e. The van der Waals surface area contributed by atoms with Crippen LogP contribution in [-0.2, 0) is 4.79 Å².